The van der Waals surface area contributed by atoms with E-state index in [1.807, 2.05) is 17.8 Å². The summed E-state index contributed by atoms with van der Waals surface area (Å²) < 4.78 is 0. The van der Waals surface area contributed by atoms with Crippen molar-refractivity contribution < 1.29 is 0 Å². The number of anilines is 1. The van der Waals surface area contributed by atoms with Crippen LogP contribution in [0, 0.1) is 0 Å². The molecule has 1 saturated heterocycles. The second kappa shape index (κ2) is 6.64. The monoisotopic (exact) mass is 285 g/mol. The van der Waals surface area contributed by atoms with Gasteiger partial charge < -0.3 is 11.1 Å². The Morgan fingerprint density at radius 3 is 3.11 bits per heavy atom. The Kier molecular flexibility index (Phi) is 5.15. The first kappa shape index (κ1) is 14.0. The molecule has 0 aromatic carbocycles. The molecule has 2 atom stereocenters. The number of halogens is 1. The first-order valence-corrected chi connectivity index (χ1v) is 7.91. The molecule has 0 aliphatic carbocycles. The number of rotatable bonds is 4. The molecule has 100 valence electrons. The summed E-state index contributed by atoms with van der Waals surface area (Å²) in [5.41, 5.74) is 7.05. The molecule has 3 nitrogen and oxygen atoms in total. The Hall–Kier alpha value is -0.450. The van der Waals surface area contributed by atoms with E-state index in [-0.39, 0.29) is 6.04 Å². The molecule has 5 heteroatoms. The predicted molar refractivity (Wildman–Crippen MR) is 80.2 cm³/mol. The smallest absolute Gasteiger partial charge is 0.128 e. The molecule has 1 aromatic rings. The van der Waals surface area contributed by atoms with Crippen LogP contribution in [0.2, 0.25) is 5.02 Å². The largest absolute Gasteiger partial charge is 0.383 e. The third kappa shape index (κ3) is 3.31. The van der Waals surface area contributed by atoms with Crippen LogP contribution < -0.4 is 11.1 Å². The van der Waals surface area contributed by atoms with Crippen LogP contribution in [0.5, 0.6) is 0 Å². The van der Waals surface area contributed by atoms with Crippen molar-refractivity contribution >= 4 is 29.2 Å². The SMILES string of the molecule is CCNC(c1cc(Cl)cnc1N)C1CCCCS1. The maximum Gasteiger partial charge on any atom is 0.128 e. The molecule has 18 heavy (non-hydrogen) atoms. The van der Waals surface area contributed by atoms with Gasteiger partial charge in [0.1, 0.15) is 5.82 Å². The summed E-state index contributed by atoms with van der Waals surface area (Å²) in [6.07, 6.45) is 5.46. The Labute approximate surface area is 118 Å². The van der Waals surface area contributed by atoms with Crippen LogP contribution in [-0.4, -0.2) is 22.5 Å². The van der Waals surface area contributed by atoms with Crippen LogP contribution in [0.25, 0.3) is 0 Å². The lowest BCUT2D eigenvalue weighted by molar-refractivity contribution is 0.491. The summed E-state index contributed by atoms with van der Waals surface area (Å²) in [7, 11) is 0. The van der Waals surface area contributed by atoms with E-state index in [0.717, 1.165) is 12.1 Å². The van der Waals surface area contributed by atoms with Crippen molar-refractivity contribution in [1.82, 2.24) is 10.3 Å². The van der Waals surface area contributed by atoms with Gasteiger partial charge in [-0.1, -0.05) is 24.9 Å². The van der Waals surface area contributed by atoms with Crippen molar-refractivity contribution in [3.63, 3.8) is 0 Å². The predicted octanol–water partition coefficient (Wildman–Crippen LogP) is 3.25. The summed E-state index contributed by atoms with van der Waals surface area (Å²) in [6.45, 7) is 3.04. The molecule has 1 fully saturated rings. The molecule has 0 amide bonds. The van der Waals surface area contributed by atoms with Gasteiger partial charge in [-0.05, 0) is 31.2 Å². The standard InChI is InChI=1S/C13H20ClN3S/c1-2-16-12(11-5-3-4-6-18-11)10-7-9(14)8-17-13(10)15/h7-8,11-12,16H,2-6H2,1H3,(H2,15,17). The number of nitrogen functional groups attached to an aromatic ring is 1. The van der Waals surface area contributed by atoms with Crippen molar-refractivity contribution in [3.05, 3.63) is 22.8 Å². The van der Waals surface area contributed by atoms with E-state index in [0.29, 0.717) is 16.1 Å². The fraction of sp³-hybridized carbons (Fsp3) is 0.615. The Bertz CT molecular complexity index is 394. The quantitative estimate of drug-likeness (QED) is 0.892. The van der Waals surface area contributed by atoms with Crippen molar-refractivity contribution in [2.45, 2.75) is 37.5 Å². The zero-order valence-electron chi connectivity index (χ0n) is 10.7. The number of hydrogen-bond donors (Lipinski definition) is 2. The number of nitrogens with two attached hydrogens (primary N) is 1. The number of nitrogens with zero attached hydrogens (tertiary/aromatic N) is 1. The van der Waals surface area contributed by atoms with E-state index < -0.39 is 0 Å². The molecule has 0 spiro atoms. The van der Waals surface area contributed by atoms with Gasteiger partial charge in [0.05, 0.1) is 5.02 Å². The van der Waals surface area contributed by atoms with E-state index in [1.54, 1.807) is 6.20 Å². The van der Waals surface area contributed by atoms with Gasteiger partial charge in [-0.2, -0.15) is 11.8 Å². The molecule has 2 heterocycles. The Morgan fingerprint density at radius 2 is 2.44 bits per heavy atom. The fourth-order valence-corrected chi connectivity index (χ4v) is 4.01. The molecule has 3 N–H and O–H groups in total. The van der Waals surface area contributed by atoms with Crippen LogP contribution in [0.1, 0.15) is 37.8 Å². The van der Waals surface area contributed by atoms with Crippen molar-refractivity contribution in [2.24, 2.45) is 0 Å². The van der Waals surface area contributed by atoms with E-state index in [4.69, 9.17) is 17.3 Å². The van der Waals surface area contributed by atoms with Gasteiger partial charge in [-0.25, -0.2) is 4.98 Å². The highest BCUT2D eigenvalue weighted by Crippen LogP contribution is 2.36. The Morgan fingerprint density at radius 1 is 1.61 bits per heavy atom. The third-order valence-electron chi connectivity index (χ3n) is 3.26. The van der Waals surface area contributed by atoms with E-state index >= 15 is 0 Å². The van der Waals surface area contributed by atoms with Crippen LogP contribution in [-0.2, 0) is 0 Å². The Balaban J connectivity index is 2.24. The van der Waals surface area contributed by atoms with Crippen molar-refractivity contribution in [1.29, 1.82) is 0 Å². The molecular weight excluding hydrogens is 266 g/mol. The molecule has 1 aromatic heterocycles. The van der Waals surface area contributed by atoms with Crippen molar-refractivity contribution in [2.75, 3.05) is 18.0 Å². The highest BCUT2D eigenvalue weighted by Gasteiger charge is 2.26. The minimum absolute atomic E-state index is 0.256. The van der Waals surface area contributed by atoms with Gasteiger partial charge in [0.25, 0.3) is 0 Å². The maximum atomic E-state index is 6.05. The lowest BCUT2D eigenvalue weighted by Gasteiger charge is -2.31. The normalized spacial score (nSPS) is 21.8. The highest BCUT2D eigenvalue weighted by molar-refractivity contribution is 8.00. The van der Waals surface area contributed by atoms with Gasteiger partial charge in [0.15, 0.2) is 0 Å². The molecule has 2 unspecified atom stereocenters. The maximum absolute atomic E-state index is 6.05. The minimum atomic E-state index is 0.256. The van der Waals surface area contributed by atoms with E-state index in [1.165, 1.54) is 25.0 Å². The summed E-state index contributed by atoms with van der Waals surface area (Å²) >= 11 is 8.08. The average molecular weight is 286 g/mol. The summed E-state index contributed by atoms with van der Waals surface area (Å²) in [5.74, 6) is 1.83. The van der Waals surface area contributed by atoms with E-state index in [9.17, 15) is 0 Å². The van der Waals surface area contributed by atoms with Gasteiger partial charge in [-0.15, -0.1) is 0 Å². The molecule has 0 radical (unpaired) electrons. The number of hydrogen-bond acceptors (Lipinski definition) is 4. The first-order valence-electron chi connectivity index (χ1n) is 6.48. The molecule has 0 saturated carbocycles. The first-order chi connectivity index (χ1) is 8.72. The van der Waals surface area contributed by atoms with Crippen LogP contribution in [0.15, 0.2) is 12.3 Å². The fourth-order valence-electron chi connectivity index (χ4n) is 2.40. The summed E-state index contributed by atoms with van der Waals surface area (Å²) in [4.78, 5) is 4.17. The number of thioether (sulfide) groups is 1. The summed E-state index contributed by atoms with van der Waals surface area (Å²) in [5, 5.41) is 4.76. The van der Waals surface area contributed by atoms with Crippen LogP contribution in [0.4, 0.5) is 5.82 Å². The van der Waals surface area contributed by atoms with Gasteiger partial charge in [-0.3, -0.25) is 0 Å². The van der Waals surface area contributed by atoms with Crippen molar-refractivity contribution in [3.8, 4) is 0 Å². The third-order valence-corrected chi connectivity index (χ3v) is 4.93. The van der Waals surface area contributed by atoms with Gasteiger partial charge in [0, 0.05) is 23.1 Å². The molecule has 1 aliphatic heterocycles. The number of pyridine rings is 1. The zero-order chi connectivity index (χ0) is 13.0. The highest BCUT2D eigenvalue weighted by atomic mass is 35.5. The second-order valence-electron chi connectivity index (χ2n) is 4.57. The van der Waals surface area contributed by atoms with Gasteiger partial charge in [0.2, 0.25) is 0 Å². The van der Waals surface area contributed by atoms with Crippen LogP contribution in [0.3, 0.4) is 0 Å². The zero-order valence-corrected chi connectivity index (χ0v) is 12.2. The molecule has 0 bridgehead atoms. The molecule has 1 aliphatic rings. The van der Waals surface area contributed by atoms with E-state index in [2.05, 4.69) is 17.2 Å². The molecular formula is C13H20ClN3S. The average Bonchev–Trinajstić information content (AvgIpc) is 2.40. The topological polar surface area (TPSA) is 50.9 Å². The lowest BCUT2D eigenvalue weighted by Crippen LogP contribution is -2.32. The lowest BCUT2D eigenvalue weighted by atomic mass is 10.00. The number of nitrogens with one attached hydrogen (secondary N) is 1. The molecule has 2 rings (SSSR count). The van der Waals surface area contributed by atoms with Gasteiger partial charge >= 0.3 is 0 Å². The number of aromatic nitrogens is 1. The second-order valence-corrected chi connectivity index (χ2v) is 6.35. The summed E-state index contributed by atoms with van der Waals surface area (Å²) in [6, 6.07) is 2.21. The minimum Gasteiger partial charge on any atom is -0.383 e. The van der Waals surface area contributed by atoms with Crippen LogP contribution >= 0.6 is 23.4 Å².